The SMILES string of the molecule is COCCC(O)c1ccc(Cl)cc1C(=O)O. The van der Waals surface area contributed by atoms with E-state index in [1.165, 1.54) is 19.2 Å². The van der Waals surface area contributed by atoms with Crippen LogP contribution in [0.5, 0.6) is 0 Å². The lowest BCUT2D eigenvalue weighted by Gasteiger charge is -2.13. The zero-order valence-corrected chi connectivity index (χ0v) is 9.57. The number of aliphatic hydroxyl groups excluding tert-OH is 1. The molecule has 0 aliphatic heterocycles. The first-order valence-electron chi connectivity index (χ1n) is 4.76. The van der Waals surface area contributed by atoms with Crippen molar-refractivity contribution in [3.8, 4) is 0 Å². The second kappa shape index (κ2) is 5.84. The molecule has 0 amide bonds. The minimum atomic E-state index is -1.10. The number of hydrogen-bond donors (Lipinski definition) is 2. The molecule has 16 heavy (non-hydrogen) atoms. The van der Waals surface area contributed by atoms with E-state index in [0.29, 0.717) is 23.6 Å². The van der Waals surface area contributed by atoms with Crippen molar-refractivity contribution >= 4 is 17.6 Å². The Balaban J connectivity index is 2.98. The smallest absolute Gasteiger partial charge is 0.336 e. The Bertz CT molecular complexity index is 378. The Kier molecular flexibility index (Phi) is 4.73. The van der Waals surface area contributed by atoms with Crippen molar-refractivity contribution in [1.82, 2.24) is 0 Å². The molecule has 1 atom stereocenters. The normalized spacial score (nSPS) is 12.4. The fourth-order valence-electron chi connectivity index (χ4n) is 1.39. The minimum absolute atomic E-state index is 0.0242. The summed E-state index contributed by atoms with van der Waals surface area (Å²) in [6.45, 7) is 0.364. The molecule has 0 fully saturated rings. The van der Waals surface area contributed by atoms with Crippen LogP contribution >= 0.6 is 11.6 Å². The number of carbonyl (C=O) groups is 1. The maximum atomic E-state index is 11.0. The molecule has 0 aromatic heterocycles. The summed E-state index contributed by atoms with van der Waals surface area (Å²) in [5, 5.41) is 19.1. The Hall–Kier alpha value is -1.10. The number of aliphatic hydroxyl groups is 1. The van der Waals surface area contributed by atoms with E-state index >= 15 is 0 Å². The molecule has 88 valence electrons. The van der Waals surface area contributed by atoms with Crippen molar-refractivity contribution in [2.24, 2.45) is 0 Å². The highest BCUT2D eigenvalue weighted by Gasteiger charge is 2.17. The number of carboxylic acid groups (broad SMARTS) is 1. The highest BCUT2D eigenvalue weighted by Crippen LogP contribution is 2.24. The molecule has 0 aliphatic carbocycles. The van der Waals surface area contributed by atoms with Crippen molar-refractivity contribution in [3.05, 3.63) is 34.3 Å². The number of aromatic carboxylic acids is 1. The third-order valence-electron chi connectivity index (χ3n) is 2.20. The van der Waals surface area contributed by atoms with E-state index in [9.17, 15) is 9.90 Å². The predicted octanol–water partition coefficient (Wildman–Crippen LogP) is 2.11. The number of hydrogen-bond acceptors (Lipinski definition) is 3. The second-order valence-electron chi connectivity index (χ2n) is 3.33. The molecule has 5 heteroatoms. The van der Waals surface area contributed by atoms with Gasteiger partial charge in [0.05, 0.1) is 11.7 Å². The van der Waals surface area contributed by atoms with Gasteiger partial charge >= 0.3 is 5.97 Å². The first kappa shape index (κ1) is 13.0. The average Bonchev–Trinajstić information content (AvgIpc) is 2.25. The lowest BCUT2D eigenvalue weighted by molar-refractivity contribution is 0.0682. The maximum absolute atomic E-state index is 11.0. The molecule has 0 heterocycles. The Morgan fingerprint density at radius 2 is 2.25 bits per heavy atom. The van der Waals surface area contributed by atoms with Gasteiger partial charge in [-0.15, -0.1) is 0 Å². The third kappa shape index (κ3) is 3.20. The zero-order valence-electron chi connectivity index (χ0n) is 8.81. The molecule has 0 spiro atoms. The summed E-state index contributed by atoms with van der Waals surface area (Å²) in [4.78, 5) is 11.0. The molecule has 0 aliphatic rings. The van der Waals surface area contributed by atoms with Crippen LogP contribution in [0.3, 0.4) is 0 Å². The van der Waals surface area contributed by atoms with E-state index < -0.39 is 12.1 Å². The van der Waals surface area contributed by atoms with E-state index in [1.54, 1.807) is 6.07 Å². The molecule has 1 aromatic carbocycles. The first-order chi connectivity index (χ1) is 7.56. The lowest BCUT2D eigenvalue weighted by atomic mass is 10.0. The number of rotatable bonds is 5. The van der Waals surface area contributed by atoms with Gasteiger partial charge < -0.3 is 14.9 Å². The number of methoxy groups -OCH3 is 1. The van der Waals surface area contributed by atoms with Crippen molar-refractivity contribution in [3.63, 3.8) is 0 Å². The summed E-state index contributed by atoms with van der Waals surface area (Å²) < 4.78 is 4.82. The van der Waals surface area contributed by atoms with E-state index in [4.69, 9.17) is 21.4 Å². The van der Waals surface area contributed by atoms with Crippen LogP contribution in [-0.4, -0.2) is 29.9 Å². The fourth-order valence-corrected chi connectivity index (χ4v) is 1.56. The Labute approximate surface area is 98.4 Å². The van der Waals surface area contributed by atoms with Gasteiger partial charge in [-0.05, 0) is 17.7 Å². The molecule has 1 rings (SSSR count). The highest BCUT2D eigenvalue weighted by atomic mass is 35.5. The topological polar surface area (TPSA) is 66.8 Å². The summed E-state index contributed by atoms with van der Waals surface area (Å²) in [7, 11) is 1.52. The molecule has 0 saturated heterocycles. The van der Waals surface area contributed by atoms with Gasteiger partial charge in [-0.25, -0.2) is 4.79 Å². The van der Waals surface area contributed by atoms with Crippen LogP contribution in [0.4, 0.5) is 0 Å². The average molecular weight is 245 g/mol. The molecule has 1 unspecified atom stereocenters. The quantitative estimate of drug-likeness (QED) is 0.833. The largest absolute Gasteiger partial charge is 0.478 e. The molecule has 0 bridgehead atoms. The molecule has 4 nitrogen and oxygen atoms in total. The zero-order chi connectivity index (χ0) is 12.1. The van der Waals surface area contributed by atoms with Crippen LogP contribution in [0.25, 0.3) is 0 Å². The molecular formula is C11H13ClO4. The van der Waals surface area contributed by atoms with Crippen LogP contribution < -0.4 is 0 Å². The molecule has 2 N–H and O–H groups in total. The van der Waals surface area contributed by atoms with E-state index in [1.807, 2.05) is 0 Å². The molecule has 0 radical (unpaired) electrons. The maximum Gasteiger partial charge on any atom is 0.336 e. The van der Waals surface area contributed by atoms with Gasteiger partial charge in [-0.3, -0.25) is 0 Å². The molecule has 0 saturated carbocycles. The van der Waals surface area contributed by atoms with Crippen LogP contribution in [0.15, 0.2) is 18.2 Å². The van der Waals surface area contributed by atoms with Gasteiger partial charge in [0, 0.05) is 25.2 Å². The lowest BCUT2D eigenvalue weighted by Crippen LogP contribution is -2.09. The summed E-state index contributed by atoms with van der Waals surface area (Å²) >= 11 is 5.70. The molecule has 1 aromatic rings. The van der Waals surface area contributed by atoms with Crippen LogP contribution in [0.2, 0.25) is 5.02 Å². The minimum Gasteiger partial charge on any atom is -0.478 e. The van der Waals surface area contributed by atoms with Crippen molar-refractivity contribution in [1.29, 1.82) is 0 Å². The van der Waals surface area contributed by atoms with Crippen molar-refractivity contribution in [2.75, 3.05) is 13.7 Å². The summed E-state index contributed by atoms with van der Waals surface area (Å²) in [6, 6.07) is 4.40. The van der Waals surface area contributed by atoms with Gasteiger partial charge in [0.15, 0.2) is 0 Å². The molecular weight excluding hydrogens is 232 g/mol. The van der Waals surface area contributed by atoms with Crippen LogP contribution in [0, 0.1) is 0 Å². The Morgan fingerprint density at radius 3 is 2.81 bits per heavy atom. The van der Waals surface area contributed by atoms with Crippen molar-refractivity contribution in [2.45, 2.75) is 12.5 Å². The van der Waals surface area contributed by atoms with E-state index in [2.05, 4.69) is 0 Å². The fraction of sp³-hybridized carbons (Fsp3) is 0.364. The summed E-state index contributed by atoms with van der Waals surface area (Å²) in [5.41, 5.74) is 0.380. The first-order valence-corrected chi connectivity index (χ1v) is 5.13. The standard InChI is InChI=1S/C11H13ClO4/c1-16-5-4-10(13)8-3-2-7(12)6-9(8)11(14)15/h2-3,6,10,13H,4-5H2,1H3,(H,14,15). The van der Waals surface area contributed by atoms with Crippen LogP contribution in [-0.2, 0) is 4.74 Å². The number of carboxylic acids is 1. The monoisotopic (exact) mass is 244 g/mol. The second-order valence-corrected chi connectivity index (χ2v) is 3.77. The van der Waals surface area contributed by atoms with E-state index in [-0.39, 0.29) is 5.56 Å². The summed E-state index contributed by atoms with van der Waals surface area (Å²) in [5.74, 6) is -1.10. The van der Waals surface area contributed by atoms with Crippen molar-refractivity contribution < 1.29 is 19.7 Å². The highest BCUT2D eigenvalue weighted by molar-refractivity contribution is 6.30. The van der Waals surface area contributed by atoms with Gasteiger partial charge in [0.2, 0.25) is 0 Å². The Morgan fingerprint density at radius 1 is 1.56 bits per heavy atom. The van der Waals surface area contributed by atoms with E-state index in [0.717, 1.165) is 0 Å². The van der Waals surface area contributed by atoms with Gasteiger partial charge in [0.25, 0.3) is 0 Å². The summed E-state index contributed by atoms with van der Waals surface area (Å²) in [6.07, 6.45) is -0.512. The predicted molar refractivity (Wildman–Crippen MR) is 59.9 cm³/mol. The van der Waals surface area contributed by atoms with Gasteiger partial charge in [-0.2, -0.15) is 0 Å². The van der Waals surface area contributed by atoms with Crippen LogP contribution in [0.1, 0.15) is 28.4 Å². The number of halogens is 1. The number of benzene rings is 1. The van der Waals surface area contributed by atoms with Gasteiger partial charge in [0.1, 0.15) is 0 Å². The third-order valence-corrected chi connectivity index (χ3v) is 2.44. The number of ether oxygens (including phenoxy) is 1. The van der Waals surface area contributed by atoms with Gasteiger partial charge in [-0.1, -0.05) is 17.7 Å².